The smallest absolute Gasteiger partial charge is 0.303 e. The largest absolute Gasteiger partial charge is 0.481 e. The summed E-state index contributed by atoms with van der Waals surface area (Å²) in [6.07, 6.45) is 16.8. The van der Waals surface area contributed by atoms with Crippen molar-refractivity contribution in [2.45, 2.75) is 109 Å². The second-order valence-corrected chi connectivity index (χ2v) is 7.20. The third-order valence-corrected chi connectivity index (χ3v) is 4.28. The molecule has 0 aliphatic carbocycles. The molecule has 0 bridgehead atoms. The maximum Gasteiger partial charge on any atom is 0.303 e. The first-order valence-electron chi connectivity index (χ1n) is 10.8. The van der Waals surface area contributed by atoms with E-state index in [9.17, 15) is 19.5 Å². The fourth-order valence-corrected chi connectivity index (χ4v) is 2.58. The molecule has 0 unspecified atom stereocenters. The molecule has 0 aliphatic rings. The maximum atomic E-state index is 10.3. The summed E-state index contributed by atoms with van der Waals surface area (Å²) in [6.45, 7) is 2.20. The van der Waals surface area contributed by atoms with Gasteiger partial charge in [-0.2, -0.15) is 0 Å². The van der Waals surface area contributed by atoms with Crippen LogP contribution in [0.15, 0.2) is 12.2 Å². The lowest BCUT2D eigenvalue weighted by atomic mass is 10.1. The highest BCUT2D eigenvalue weighted by Crippen LogP contribution is 2.10. The number of unbranched alkanes of at least 4 members (excludes halogenated alkanes) is 8. The average molecular weight is 417 g/mol. The number of hydrogen-bond donors (Lipinski definition) is 4. The van der Waals surface area contributed by atoms with E-state index in [1.807, 2.05) is 0 Å². The Morgan fingerprint density at radius 3 is 1.76 bits per heavy atom. The van der Waals surface area contributed by atoms with Crippen molar-refractivity contribution >= 4 is 17.9 Å². The zero-order valence-electron chi connectivity index (χ0n) is 17.9. The van der Waals surface area contributed by atoms with Gasteiger partial charge >= 0.3 is 17.9 Å². The Balaban J connectivity index is 0. The van der Waals surface area contributed by atoms with Crippen LogP contribution in [0.4, 0.5) is 0 Å². The molecule has 0 saturated heterocycles. The molecule has 29 heavy (non-hydrogen) atoms. The van der Waals surface area contributed by atoms with Crippen molar-refractivity contribution in [1.82, 2.24) is 0 Å². The molecule has 0 aromatic heterocycles. The standard InChI is InChI=1S/C18H34O3.C4H6O4/c1-2-3-4-11-14-17(19)15-12-9-7-5-6-8-10-13-16-18(20)21;5-3(6)1-2-4(7)8/h9,12,17,19H,2-8,10-11,13-16H2,1H3,(H,20,21);1-2H2,(H,5,6)(H,7,8)/b12-9-;/t17-;/m1./s1. The van der Waals surface area contributed by atoms with Gasteiger partial charge in [-0.3, -0.25) is 14.4 Å². The van der Waals surface area contributed by atoms with Crippen molar-refractivity contribution in [3.63, 3.8) is 0 Å². The molecule has 0 radical (unpaired) electrons. The number of aliphatic hydroxyl groups is 1. The molecule has 170 valence electrons. The molecule has 0 amide bonds. The lowest BCUT2D eigenvalue weighted by Crippen LogP contribution is -2.04. The minimum absolute atomic E-state index is 0.172. The highest BCUT2D eigenvalue weighted by Gasteiger charge is 2.01. The Hall–Kier alpha value is -1.89. The molecule has 0 aromatic rings. The summed E-state index contributed by atoms with van der Waals surface area (Å²) >= 11 is 0. The third kappa shape index (κ3) is 31.0. The number of carbonyl (C=O) groups is 3. The van der Waals surface area contributed by atoms with Crippen molar-refractivity contribution in [1.29, 1.82) is 0 Å². The molecule has 1 atom stereocenters. The molecule has 7 heteroatoms. The van der Waals surface area contributed by atoms with Crippen LogP contribution in [-0.4, -0.2) is 44.4 Å². The summed E-state index contributed by atoms with van der Waals surface area (Å²) in [5.74, 6) is -2.84. The third-order valence-electron chi connectivity index (χ3n) is 4.28. The molecular weight excluding hydrogens is 376 g/mol. The van der Waals surface area contributed by atoms with E-state index in [0.29, 0.717) is 6.42 Å². The molecule has 0 heterocycles. The van der Waals surface area contributed by atoms with E-state index in [4.69, 9.17) is 15.3 Å². The first-order valence-corrected chi connectivity index (χ1v) is 10.8. The molecule has 4 N–H and O–H groups in total. The second kappa shape index (κ2) is 22.4. The van der Waals surface area contributed by atoms with Gasteiger partial charge in [-0.05, 0) is 32.1 Å². The minimum atomic E-state index is -1.08. The van der Waals surface area contributed by atoms with Crippen LogP contribution in [-0.2, 0) is 14.4 Å². The normalized spacial score (nSPS) is 11.7. The predicted octanol–water partition coefficient (Wildman–Crippen LogP) is 5.02. The maximum absolute atomic E-state index is 10.3. The highest BCUT2D eigenvalue weighted by molar-refractivity contribution is 5.75. The molecule has 0 rings (SSSR count). The number of carboxylic acids is 3. The van der Waals surface area contributed by atoms with Crippen LogP contribution < -0.4 is 0 Å². The van der Waals surface area contributed by atoms with E-state index in [1.54, 1.807) is 0 Å². The van der Waals surface area contributed by atoms with Gasteiger partial charge in [0.15, 0.2) is 0 Å². The van der Waals surface area contributed by atoms with Gasteiger partial charge in [-0.15, -0.1) is 0 Å². The summed E-state index contributed by atoms with van der Waals surface area (Å²) in [5, 5.41) is 34.1. The zero-order valence-corrected chi connectivity index (χ0v) is 17.9. The monoisotopic (exact) mass is 416 g/mol. The lowest BCUT2D eigenvalue weighted by Gasteiger charge is -2.07. The number of rotatable bonds is 18. The second-order valence-electron chi connectivity index (χ2n) is 7.20. The predicted molar refractivity (Wildman–Crippen MR) is 113 cm³/mol. The molecule has 0 spiro atoms. The average Bonchev–Trinajstić information content (AvgIpc) is 2.65. The van der Waals surface area contributed by atoms with Gasteiger partial charge in [0.1, 0.15) is 0 Å². The fourth-order valence-electron chi connectivity index (χ4n) is 2.58. The number of aliphatic carboxylic acids is 3. The van der Waals surface area contributed by atoms with E-state index >= 15 is 0 Å². The fraction of sp³-hybridized carbons (Fsp3) is 0.773. The van der Waals surface area contributed by atoms with E-state index in [0.717, 1.165) is 51.4 Å². The van der Waals surface area contributed by atoms with Crippen LogP contribution in [0, 0.1) is 0 Å². The van der Waals surface area contributed by atoms with Crippen LogP contribution in [0.25, 0.3) is 0 Å². The van der Waals surface area contributed by atoms with Crippen molar-refractivity contribution in [3.05, 3.63) is 12.2 Å². The Kier molecular flexibility index (Phi) is 22.6. The number of aliphatic hydroxyl groups excluding tert-OH is 1. The summed E-state index contributed by atoms with van der Waals surface area (Å²) < 4.78 is 0. The first-order chi connectivity index (χ1) is 13.8. The van der Waals surface area contributed by atoms with Crippen LogP contribution in [0.5, 0.6) is 0 Å². The number of allylic oxidation sites excluding steroid dienone is 1. The van der Waals surface area contributed by atoms with Gasteiger partial charge in [-0.1, -0.05) is 64.0 Å². The topological polar surface area (TPSA) is 132 Å². The van der Waals surface area contributed by atoms with Crippen LogP contribution in [0.2, 0.25) is 0 Å². The highest BCUT2D eigenvalue weighted by atomic mass is 16.4. The Morgan fingerprint density at radius 2 is 1.21 bits per heavy atom. The van der Waals surface area contributed by atoms with Crippen LogP contribution >= 0.6 is 0 Å². The van der Waals surface area contributed by atoms with E-state index in [2.05, 4.69) is 19.1 Å². The van der Waals surface area contributed by atoms with Crippen molar-refractivity contribution in [3.8, 4) is 0 Å². The molecule has 0 saturated carbocycles. The van der Waals surface area contributed by atoms with Gasteiger partial charge in [0.05, 0.1) is 18.9 Å². The van der Waals surface area contributed by atoms with Crippen LogP contribution in [0.1, 0.15) is 103 Å². The van der Waals surface area contributed by atoms with Crippen molar-refractivity contribution in [2.75, 3.05) is 0 Å². The van der Waals surface area contributed by atoms with Gasteiger partial charge < -0.3 is 20.4 Å². The molecule has 0 fully saturated rings. The van der Waals surface area contributed by atoms with E-state index < -0.39 is 17.9 Å². The van der Waals surface area contributed by atoms with E-state index in [-0.39, 0.29) is 18.9 Å². The van der Waals surface area contributed by atoms with Crippen molar-refractivity contribution < 1.29 is 34.8 Å². The Bertz CT molecular complexity index is 432. The Morgan fingerprint density at radius 1 is 0.690 bits per heavy atom. The molecule has 0 aliphatic heterocycles. The van der Waals surface area contributed by atoms with Crippen molar-refractivity contribution in [2.24, 2.45) is 0 Å². The molecular formula is C22H40O7. The van der Waals surface area contributed by atoms with Gasteiger partial charge in [0, 0.05) is 6.42 Å². The SMILES string of the molecule is CCCCCC[C@@H](O)C/C=C\CCCCCCCC(=O)O.O=C(O)CCC(=O)O. The van der Waals surface area contributed by atoms with Gasteiger partial charge in [0.2, 0.25) is 0 Å². The summed E-state index contributed by atoms with van der Waals surface area (Å²) in [5.41, 5.74) is 0. The summed E-state index contributed by atoms with van der Waals surface area (Å²) in [6, 6.07) is 0. The summed E-state index contributed by atoms with van der Waals surface area (Å²) in [7, 11) is 0. The number of carboxylic acid groups (broad SMARTS) is 3. The first kappa shape index (κ1) is 29.3. The van der Waals surface area contributed by atoms with Gasteiger partial charge in [0.25, 0.3) is 0 Å². The number of hydrogen-bond acceptors (Lipinski definition) is 4. The van der Waals surface area contributed by atoms with Gasteiger partial charge in [-0.25, -0.2) is 0 Å². The lowest BCUT2D eigenvalue weighted by molar-refractivity contribution is -0.143. The molecule has 0 aromatic carbocycles. The zero-order chi connectivity index (χ0) is 22.3. The Labute approximate surface area is 174 Å². The van der Waals surface area contributed by atoms with E-state index in [1.165, 1.54) is 25.7 Å². The minimum Gasteiger partial charge on any atom is -0.481 e. The molecule has 7 nitrogen and oxygen atoms in total. The quantitative estimate of drug-likeness (QED) is 0.182. The van der Waals surface area contributed by atoms with Crippen LogP contribution in [0.3, 0.4) is 0 Å². The summed E-state index contributed by atoms with van der Waals surface area (Å²) in [4.78, 5) is 29.6.